The molecule has 5 rings (SSSR count). The van der Waals surface area contributed by atoms with Gasteiger partial charge in [-0.3, -0.25) is 9.52 Å². The molecule has 1 saturated heterocycles. The van der Waals surface area contributed by atoms with E-state index in [0.29, 0.717) is 41.6 Å². The van der Waals surface area contributed by atoms with E-state index in [1.807, 2.05) is 29.0 Å². The monoisotopic (exact) mass is 534 g/mol. The number of piperidine rings is 1. The van der Waals surface area contributed by atoms with Crippen molar-refractivity contribution in [2.24, 2.45) is 0 Å². The Morgan fingerprint density at radius 3 is 2.60 bits per heavy atom. The van der Waals surface area contributed by atoms with Crippen LogP contribution in [0.5, 0.6) is 0 Å². The van der Waals surface area contributed by atoms with Gasteiger partial charge in [-0.25, -0.2) is 13.4 Å². The Hall–Kier alpha value is -2.92. The van der Waals surface area contributed by atoms with E-state index in [2.05, 4.69) is 9.71 Å². The van der Waals surface area contributed by atoms with Crippen LogP contribution >= 0.6 is 22.9 Å². The number of sulfonamides is 1. The molecule has 0 radical (unpaired) electrons. The zero-order valence-corrected chi connectivity index (χ0v) is 21.0. The summed E-state index contributed by atoms with van der Waals surface area (Å²) in [5.74, 6) is -0.0424. The Bertz CT molecular complexity index is 1470. The summed E-state index contributed by atoms with van der Waals surface area (Å²) in [5, 5.41) is 14.8. The van der Waals surface area contributed by atoms with Crippen molar-refractivity contribution in [2.45, 2.75) is 29.9 Å². The van der Waals surface area contributed by atoms with Crippen LogP contribution in [0.4, 0.5) is 5.13 Å². The standard InChI is InChI=1S/C24H23ClN4O4S2.2H2/c25-20-3-1-2-17-8-12-29(22(17)20)16-21(30)28-13-9-24(31,10-14-28)18-4-6-19(7-5-18)35(32,33)27-23-26-11-15-34-23;;/h1-8,11-12,15,31H,9-10,13-14,16H2,(H,26,27);2*1H. The normalized spacial score (nSPS) is 15.9. The predicted molar refractivity (Wildman–Crippen MR) is 140 cm³/mol. The smallest absolute Gasteiger partial charge is 0.263 e. The molecule has 2 N–H and O–H groups in total. The van der Waals surface area contributed by atoms with Gasteiger partial charge < -0.3 is 14.6 Å². The summed E-state index contributed by atoms with van der Waals surface area (Å²) < 4.78 is 29.4. The van der Waals surface area contributed by atoms with Gasteiger partial charge in [0.1, 0.15) is 6.54 Å². The van der Waals surface area contributed by atoms with Gasteiger partial charge in [0.05, 0.1) is 21.0 Å². The maximum atomic E-state index is 13.0. The number of fused-ring (bicyclic) bond motifs is 1. The number of carbonyl (C=O) groups excluding carboxylic acids is 1. The average Bonchev–Trinajstić information content (AvgIpc) is 3.50. The van der Waals surface area contributed by atoms with Gasteiger partial charge in [-0.2, -0.15) is 0 Å². The number of thiazole rings is 1. The molecule has 3 heterocycles. The first-order valence-corrected chi connectivity index (χ1v) is 13.8. The Kier molecular flexibility index (Phi) is 6.30. The quantitative estimate of drug-likeness (QED) is 0.377. The predicted octanol–water partition coefficient (Wildman–Crippen LogP) is 4.55. The fourth-order valence-corrected chi connectivity index (χ4v) is 6.48. The number of benzene rings is 2. The van der Waals surface area contributed by atoms with Crippen molar-refractivity contribution < 1.29 is 21.2 Å². The van der Waals surface area contributed by atoms with Crippen molar-refractivity contribution in [2.75, 3.05) is 17.8 Å². The van der Waals surface area contributed by atoms with E-state index in [0.717, 1.165) is 10.9 Å². The van der Waals surface area contributed by atoms with Gasteiger partial charge in [0.2, 0.25) is 5.91 Å². The lowest BCUT2D eigenvalue weighted by molar-refractivity contribution is -0.136. The largest absolute Gasteiger partial charge is 0.385 e. The summed E-state index contributed by atoms with van der Waals surface area (Å²) in [4.78, 5) is 18.7. The zero-order valence-electron chi connectivity index (χ0n) is 18.6. The Balaban J connectivity index is 0.00000190. The van der Waals surface area contributed by atoms with Gasteiger partial charge >= 0.3 is 0 Å². The number of aliphatic hydroxyl groups is 1. The fraction of sp³-hybridized carbons (Fsp3) is 0.250. The molecule has 11 heteroatoms. The second kappa shape index (κ2) is 9.27. The van der Waals surface area contributed by atoms with Crippen LogP contribution in [0.15, 0.2) is 71.2 Å². The van der Waals surface area contributed by atoms with Crippen LogP contribution in [-0.2, 0) is 27.0 Å². The van der Waals surface area contributed by atoms with E-state index < -0.39 is 15.6 Å². The molecule has 2 aromatic carbocycles. The maximum Gasteiger partial charge on any atom is 0.263 e. The molecule has 1 amide bonds. The first-order valence-electron chi connectivity index (χ1n) is 11.0. The second-order valence-electron chi connectivity index (χ2n) is 8.50. The van der Waals surface area contributed by atoms with Crippen molar-refractivity contribution in [3.05, 3.63) is 76.9 Å². The molecule has 0 bridgehead atoms. The molecule has 1 aliphatic rings. The van der Waals surface area contributed by atoms with Crippen molar-refractivity contribution in [3.8, 4) is 0 Å². The number of aromatic nitrogens is 2. The lowest BCUT2D eigenvalue weighted by Gasteiger charge is -2.38. The number of hydrogen-bond donors (Lipinski definition) is 2. The summed E-state index contributed by atoms with van der Waals surface area (Å²) in [6.07, 6.45) is 4.09. The zero-order chi connectivity index (χ0) is 24.6. The molecule has 186 valence electrons. The number of amides is 1. The molecule has 1 aliphatic heterocycles. The number of carbonyl (C=O) groups is 1. The minimum Gasteiger partial charge on any atom is -0.385 e. The number of anilines is 1. The van der Waals surface area contributed by atoms with Crippen molar-refractivity contribution in [1.82, 2.24) is 14.5 Å². The van der Waals surface area contributed by atoms with Gasteiger partial charge in [0, 0.05) is 39.1 Å². The Morgan fingerprint density at radius 1 is 1.17 bits per heavy atom. The molecule has 8 nitrogen and oxygen atoms in total. The number of rotatable bonds is 6. The lowest BCUT2D eigenvalue weighted by atomic mass is 9.84. The number of para-hydroxylation sites is 1. The Labute approximate surface area is 214 Å². The second-order valence-corrected chi connectivity index (χ2v) is 11.5. The summed E-state index contributed by atoms with van der Waals surface area (Å²) in [6.45, 7) is 0.964. The molecule has 4 aromatic rings. The SMILES string of the molecule is O=C(Cn1ccc2cccc(Cl)c21)N1CCC(O)(c2ccc(S(=O)(=O)Nc3nccs3)cc2)CC1.[HH].[HH]. The van der Waals surface area contributed by atoms with Crippen LogP contribution in [0.3, 0.4) is 0 Å². The lowest BCUT2D eigenvalue weighted by Crippen LogP contribution is -2.46. The van der Waals surface area contributed by atoms with Crippen LogP contribution in [-0.4, -0.2) is 47.0 Å². The van der Waals surface area contributed by atoms with Gasteiger partial charge in [-0.1, -0.05) is 35.9 Å². The van der Waals surface area contributed by atoms with E-state index in [1.165, 1.54) is 29.7 Å². The summed E-state index contributed by atoms with van der Waals surface area (Å²) in [7, 11) is -3.76. The number of likely N-dealkylation sites (tertiary alicyclic amines) is 1. The topological polar surface area (TPSA) is 105 Å². The highest BCUT2D eigenvalue weighted by Crippen LogP contribution is 2.34. The van der Waals surface area contributed by atoms with Crippen LogP contribution in [0.1, 0.15) is 21.3 Å². The highest BCUT2D eigenvalue weighted by Gasteiger charge is 2.35. The first kappa shape index (κ1) is 23.8. The van der Waals surface area contributed by atoms with Crippen LogP contribution in [0.2, 0.25) is 5.02 Å². The average molecular weight is 535 g/mol. The Morgan fingerprint density at radius 2 is 1.91 bits per heavy atom. The molecule has 0 aliphatic carbocycles. The van der Waals surface area contributed by atoms with E-state index in [1.54, 1.807) is 28.5 Å². The summed E-state index contributed by atoms with van der Waals surface area (Å²) in [5.41, 5.74) is 0.321. The van der Waals surface area contributed by atoms with E-state index >= 15 is 0 Å². The molecule has 35 heavy (non-hydrogen) atoms. The van der Waals surface area contributed by atoms with Crippen molar-refractivity contribution >= 4 is 54.9 Å². The third-order valence-electron chi connectivity index (χ3n) is 6.34. The van der Waals surface area contributed by atoms with E-state index in [-0.39, 0.29) is 20.2 Å². The summed E-state index contributed by atoms with van der Waals surface area (Å²) in [6, 6.07) is 13.8. The van der Waals surface area contributed by atoms with E-state index in [4.69, 9.17) is 11.6 Å². The van der Waals surface area contributed by atoms with Gasteiger partial charge in [-0.15, -0.1) is 11.3 Å². The molecular weight excluding hydrogens is 508 g/mol. The number of nitrogens with one attached hydrogen (secondary N) is 1. The number of hydrogen-bond acceptors (Lipinski definition) is 6. The minimum atomic E-state index is -3.76. The highest BCUT2D eigenvalue weighted by molar-refractivity contribution is 7.93. The van der Waals surface area contributed by atoms with Gasteiger partial charge in [-0.05, 0) is 42.7 Å². The molecule has 0 atom stereocenters. The van der Waals surface area contributed by atoms with Crippen LogP contribution in [0, 0.1) is 0 Å². The van der Waals surface area contributed by atoms with E-state index in [9.17, 15) is 18.3 Å². The molecule has 2 aromatic heterocycles. The molecule has 0 saturated carbocycles. The number of halogens is 1. The number of nitrogens with zero attached hydrogens (tertiary/aromatic N) is 3. The van der Waals surface area contributed by atoms with Gasteiger partial charge in [0.15, 0.2) is 5.13 Å². The third kappa shape index (κ3) is 4.79. The van der Waals surface area contributed by atoms with Crippen LogP contribution in [0.25, 0.3) is 10.9 Å². The maximum absolute atomic E-state index is 13.0. The molecule has 1 fully saturated rings. The van der Waals surface area contributed by atoms with Crippen molar-refractivity contribution in [1.29, 1.82) is 0 Å². The third-order valence-corrected chi connectivity index (χ3v) is 8.82. The summed E-state index contributed by atoms with van der Waals surface area (Å²) >= 11 is 7.52. The molecular formula is C24H27ClN4O4S2. The van der Waals surface area contributed by atoms with Gasteiger partial charge in [0.25, 0.3) is 10.0 Å². The molecule has 0 spiro atoms. The van der Waals surface area contributed by atoms with Crippen molar-refractivity contribution in [3.63, 3.8) is 0 Å². The minimum absolute atomic E-state index is 0. The fourth-order valence-electron chi connectivity index (χ4n) is 4.40. The first-order chi connectivity index (χ1) is 16.7. The molecule has 0 unspecified atom stereocenters. The highest BCUT2D eigenvalue weighted by atomic mass is 35.5. The van der Waals surface area contributed by atoms with Crippen LogP contribution < -0.4 is 4.72 Å².